The molecule has 226 valence electrons. The molecule has 1 rings (SSSR count). The molecule has 1 fully saturated rings. The number of hydrogen-bond donors (Lipinski definition) is 0. The number of phosphoric acid groups is 1. The fraction of sp³-hybridized carbons (Fsp3) is 0.964. The number of ether oxygens (including phenoxy) is 3. The van der Waals surface area contributed by atoms with Crippen molar-refractivity contribution in [2.24, 2.45) is 0 Å². The fourth-order valence-electron chi connectivity index (χ4n) is 4.56. The molecule has 0 spiro atoms. The Morgan fingerprint density at radius 1 is 0.842 bits per heavy atom. The van der Waals surface area contributed by atoms with E-state index in [9.17, 15) is 14.3 Å². The Hall–Kier alpha value is -0.540. The molecule has 10 heteroatoms. The molecule has 0 amide bonds. The molecule has 38 heavy (non-hydrogen) atoms. The van der Waals surface area contributed by atoms with Crippen LogP contribution in [0.1, 0.15) is 104 Å². The van der Waals surface area contributed by atoms with E-state index < -0.39 is 19.9 Å². The van der Waals surface area contributed by atoms with Crippen molar-refractivity contribution >= 4 is 13.8 Å². The summed E-state index contributed by atoms with van der Waals surface area (Å²) < 4.78 is 39.0. The summed E-state index contributed by atoms with van der Waals surface area (Å²) in [7, 11) is -2.45. The van der Waals surface area contributed by atoms with Gasteiger partial charge in [0, 0.05) is 13.5 Å². The number of quaternary nitrogens is 1. The van der Waals surface area contributed by atoms with E-state index in [0.717, 1.165) is 25.9 Å². The number of nitrogens with zero attached hydrogens (tertiary/aromatic N) is 1. The maximum absolute atomic E-state index is 12.2. The van der Waals surface area contributed by atoms with Crippen molar-refractivity contribution in [3.05, 3.63) is 0 Å². The number of esters is 1. The van der Waals surface area contributed by atoms with Gasteiger partial charge in [0.15, 0.2) is 0 Å². The van der Waals surface area contributed by atoms with E-state index in [0.29, 0.717) is 30.8 Å². The monoisotopic (exact) mass is 565 g/mol. The van der Waals surface area contributed by atoms with Crippen molar-refractivity contribution in [3.63, 3.8) is 0 Å². The van der Waals surface area contributed by atoms with Gasteiger partial charge in [0.25, 0.3) is 7.82 Å². The predicted octanol–water partition coefficient (Wildman–Crippen LogP) is 5.39. The number of phosphoric ester groups is 1. The van der Waals surface area contributed by atoms with Crippen LogP contribution in [0.4, 0.5) is 0 Å². The smallest absolute Gasteiger partial charge is 0.303 e. The van der Waals surface area contributed by atoms with Crippen LogP contribution in [0.5, 0.6) is 0 Å². The molecule has 0 aromatic carbocycles. The van der Waals surface area contributed by atoms with Crippen LogP contribution in [0, 0.1) is 0 Å². The Morgan fingerprint density at radius 2 is 1.37 bits per heavy atom. The fourth-order valence-corrected chi connectivity index (χ4v) is 5.28. The molecule has 1 aliphatic heterocycles. The quantitative estimate of drug-likeness (QED) is 0.0628. The second kappa shape index (κ2) is 22.2. The van der Waals surface area contributed by atoms with Crippen molar-refractivity contribution in [3.8, 4) is 0 Å². The summed E-state index contributed by atoms with van der Waals surface area (Å²) in [5.41, 5.74) is 0. The largest absolute Gasteiger partial charge is 0.756 e. The first-order valence-corrected chi connectivity index (χ1v) is 16.5. The maximum Gasteiger partial charge on any atom is 0.303 e. The SMILES string of the molecule is CCCCCCCCCCCCCCCCOCC(COP(=O)([O-])OCC[N+]1(C)CCOCC1)OC(C)=O. The standard InChI is InChI=1S/C28H56NO8P/c1-4-5-6-7-8-9-10-11-12-13-14-15-16-17-21-34-25-28(37-27(2)30)26-36-38(31,32)35-24-20-29(3)18-22-33-23-19-29/h28H,4-26H2,1-3H3. The van der Waals surface area contributed by atoms with Crippen molar-refractivity contribution in [2.45, 2.75) is 110 Å². The molecule has 9 nitrogen and oxygen atoms in total. The summed E-state index contributed by atoms with van der Waals surface area (Å²) in [4.78, 5) is 23.6. The van der Waals surface area contributed by atoms with Gasteiger partial charge in [0.1, 0.15) is 32.3 Å². The van der Waals surface area contributed by atoms with Crippen molar-refractivity contribution in [2.75, 3.05) is 66.3 Å². The van der Waals surface area contributed by atoms with Crippen LogP contribution in [0.15, 0.2) is 0 Å². The molecule has 0 radical (unpaired) electrons. The molecule has 0 aromatic rings. The summed E-state index contributed by atoms with van der Waals surface area (Å²) in [5.74, 6) is -0.509. The van der Waals surface area contributed by atoms with E-state index in [1.54, 1.807) is 0 Å². The normalized spacial score (nSPS) is 17.7. The average Bonchev–Trinajstić information content (AvgIpc) is 2.87. The van der Waals surface area contributed by atoms with Crippen LogP contribution in [-0.4, -0.2) is 82.9 Å². The minimum atomic E-state index is -4.50. The Bertz CT molecular complexity index is 630. The Morgan fingerprint density at radius 3 is 1.89 bits per heavy atom. The molecule has 0 aliphatic carbocycles. The van der Waals surface area contributed by atoms with E-state index in [-0.39, 0.29) is 19.8 Å². The highest BCUT2D eigenvalue weighted by Crippen LogP contribution is 2.38. The van der Waals surface area contributed by atoms with Crippen LogP contribution in [0.3, 0.4) is 0 Å². The zero-order valence-electron chi connectivity index (χ0n) is 24.5. The predicted molar refractivity (Wildman–Crippen MR) is 148 cm³/mol. The molecule has 0 saturated carbocycles. The van der Waals surface area contributed by atoms with E-state index >= 15 is 0 Å². The summed E-state index contributed by atoms with van der Waals surface area (Å²) >= 11 is 0. The summed E-state index contributed by atoms with van der Waals surface area (Å²) in [6.07, 6.45) is 17.3. The highest BCUT2D eigenvalue weighted by Gasteiger charge is 2.26. The summed E-state index contributed by atoms with van der Waals surface area (Å²) in [6, 6.07) is 0. The first-order valence-electron chi connectivity index (χ1n) is 15.0. The third-order valence-corrected chi connectivity index (χ3v) is 8.09. The molecular formula is C28H56NO8P. The summed E-state index contributed by atoms with van der Waals surface area (Å²) in [5, 5.41) is 0. The van der Waals surface area contributed by atoms with Gasteiger partial charge in [-0.15, -0.1) is 0 Å². The van der Waals surface area contributed by atoms with Gasteiger partial charge in [-0.2, -0.15) is 0 Å². The Kier molecular flexibility index (Phi) is 20.7. The first kappa shape index (κ1) is 35.5. The zero-order chi connectivity index (χ0) is 28.0. The Labute approximate surface area is 232 Å². The number of morpholine rings is 1. The highest BCUT2D eigenvalue weighted by molar-refractivity contribution is 7.45. The van der Waals surface area contributed by atoms with Crippen LogP contribution in [-0.2, 0) is 32.6 Å². The van der Waals surface area contributed by atoms with E-state index in [4.69, 9.17) is 23.3 Å². The molecule has 2 atom stereocenters. The minimum absolute atomic E-state index is 0.0329. The van der Waals surface area contributed by atoms with Gasteiger partial charge < -0.3 is 32.6 Å². The second-order valence-electron chi connectivity index (χ2n) is 10.9. The van der Waals surface area contributed by atoms with Gasteiger partial charge in [-0.25, -0.2) is 0 Å². The van der Waals surface area contributed by atoms with E-state index in [2.05, 4.69) is 14.0 Å². The van der Waals surface area contributed by atoms with Gasteiger partial charge in [0.2, 0.25) is 0 Å². The molecular weight excluding hydrogens is 509 g/mol. The molecule has 0 N–H and O–H groups in total. The molecule has 0 bridgehead atoms. The topological polar surface area (TPSA) is 103 Å². The van der Waals surface area contributed by atoms with Crippen LogP contribution >= 0.6 is 7.82 Å². The van der Waals surface area contributed by atoms with Gasteiger partial charge in [-0.05, 0) is 6.42 Å². The van der Waals surface area contributed by atoms with Crippen LogP contribution in [0.2, 0.25) is 0 Å². The van der Waals surface area contributed by atoms with Gasteiger partial charge >= 0.3 is 5.97 Å². The lowest BCUT2D eigenvalue weighted by Crippen LogP contribution is -2.53. The molecule has 2 unspecified atom stereocenters. The first-order chi connectivity index (χ1) is 18.3. The maximum atomic E-state index is 12.2. The summed E-state index contributed by atoms with van der Waals surface area (Å²) in [6.45, 7) is 7.39. The molecule has 0 aromatic heterocycles. The van der Waals surface area contributed by atoms with E-state index in [1.165, 1.54) is 84.0 Å². The number of rotatable bonds is 25. The third kappa shape index (κ3) is 20.4. The van der Waals surface area contributed by atoms with Crippen LogP contribution < -0.4 is 4.89 Å². The van der Waals surface area contributed by atoms with Gasteiger partial charge in [0.05, 0.1) is 33.5 Å². The van der Waals surface area contributed by atoms with Crippen molar-refractivity contribution < 1.29 is 42.0 Å². The number of hydrogen-bond acceptors (Lipinski definition) is 8. The minimum Gasteiger partial charge on any atom is -0.756 e. The van der Waals surface area contributed by atoms with E-state index in [1.807, 2.05) is 0 Å². The second-order valence-corrected chi connectivity index (χ2v) is 12.3. The van der Waals surface area contributed by atoms with Crippen molar-refractivity contribution in [1.82, 2.24) is 0 Å². The lowest BCUT2D eigenvalue weighted by Gasteiger charge is -2.38. The van der Waals surface area contributed by atoms with Crippen molar-refractivity contribution in [1.29, 1.82) is 0 Å². The lowest BCUT2D eigenvalue weighted by molar-refractivity contribution is -0.916. The zero-order valence-corrected chi connectivity index (χ0v) is 25.4. The third-order valence-electron chi connectivity index (χ3n) is 7.13. The molecule has 1 saturated heterocycles. The molecule has 1 heterocycles. The number of likely N-dealkylation sites (N-methyl/N-ethyl adjacent to an activating group) is 1. The average molecular weight is 566 g/mol. The lowest BCUT2D eigenvalue weighted by atomic mass is 10.0. The number of carbonyl (C=O) groups excluding carboxylic acids is 1. The Balaban J connectivity index is 2.06. The highest BCUT2D eigenvalue weighted by atomic mass is 31.2. The number of carbonyl (C=O) groups is 1. The van der Waals surface area contributed by atoms with Crippen LogP contribution in [0.25, 0.3) is 0 Å². The van der Waals surface area contributed by atoms with Gasteiger partial charge in [-0.1, -0.05) is 90.4 Å². The molecule has 1 aliphatic rings. The number of unbranched alkanes of at least 4 members (excludes halogenated alkanes) is 13. The van der Waals surface area contributed by atoms with Gasteiger partial charge in [-0.3, -0.25) is 9.36 Å².